The minimum atomic E-state index is -0.0251. The lowest BCUT2D eigenvalue weighted by atomic mass is 10.1. The Morgan fingerprint density at radius 2 is 2.19 bits per heavy atom. The van der Waals surface area contributed by atoms with E-state index in [2.05, 4.69) is 20.0 Å². The average molecular weight is 295 g/mol. The van der Waals surface area contributed by atoms with E-state index in [0.717, 1.165) is 31.6 Å². The van der Waals surface area contributed by atoms with Crippen molar-refractivity contribution in [3.8, 4) is 0 Å². The van der Waals surface area contributed by atoms with Crippen molar-refractivity contribution in [2.75, 3.05) is 31.2 Å². The van der Waals surface area contributed by atoms with E-state index in [4.69, 9.17) is 20.8 Å². The van der Waals surface area contributed by atoms with Crippen LogP contribution in [0.4, 0.5) is 5.95 Å². The molecule has 0 radical (unpaired) electrons. The van der Waals surface area contributed by atoms with Gasteiger partial charge in [0.2, 0.25) is 5.95 Å². The molecule has 2 heterocycles. The lowest BCUT2D eigenvalue weighted by molar-refractivity contribution is 0.0157. The van der Waals surface area contributed by atoms with Gasteiger partial charge in [0.05, 0.1) is 19.3 Å². The number of ether oxygens (including phenoxy) is 1. The third-order valence-electron chi connectivity index (χ3n) is 3.38. The summed E-state index contributed by atoms with van der Waals surface area (Å²) in [5.41, 5.74) is 6.77. The first kappa shape index (κ1) is 15.5. The maximum atomic E-state index is 8.76. The molecule has 1 fully saturated rings. The van der Waals surface area contributed by atoms with Crippen molar-refractivity contribution in [3.05, 3.63) is 17.5 Å². The zero-order valence-corrected chi connectivity index (χ0v) is 12.1. The number of aliphatic hydroxyl groups excluding tert-OH is 1. The van der Waals surface area contributed by atoms with Crippen molar-refractivity contribution in [1.82, 2.24) is 9.97 Å². The van der Waals surface area contributed by atoms with Crippen molar-refractivity contribution in [3.63, 3.8) is 0 Å². The summed E-state index contributed by atoms with van der Waals surface area (Å²) in [7, 11) is 0. The molecule has 8 nitrogen and oxygen atoms in total. The van der Waals surface area contributed by atoms with Crippen molar-refractivity contribution in [1.29, 1.82) is 0 Å². The van der Waals surface area contributed by atoms with Crippen LogP contribution in [0.25, 0.3) is 0 Å². The van der Waals surface area contributed by atoms with Gasteiger partial charge in [0.15, 0.2) is 5.84 Å². The van der Waals surface area contributed by atoms with Gasteiger partial charge in [-0.15, -0.1) is 0 Å². The summed E-state index contributed by atoms with van der Waals surface area (Å²) in [6, 6.07) is 1.68. The lowest BCUT2D eigenvalue weighted by Gasteiger charge is -2.32. The third-order valence-corrected chi connectivity index (χ3v) is 3.38. The molecule has 1 aliphatic heterocycles. The number of nitrogens with two attached hydrogens (primary N) is 1. The lowest BCUT2D eigenvalue weighted by Crippen LogP contribution is -2.38. The summed E-state index contributed by atoms with van der Waals surface area (Å²) in [6.07, 6.45) is 1.88. The van der Waals surface area contributed by atoms with Crippen LogP contribution in [0.3, 0.4) is 0 Å². The fourth-order valence-corrected chi connectivity index (χ4v) is 2.32. The maximum Gasteiger partial charge on any atom is 0.226 e. The first-order valence-electron chi connectivity index (χ1n) is 6.95. The number of anilines is 1. The molecule has 0 saturated carbocycles. The Morgan fingerprint density at radius 1 is 1.48 bits per heavy atom. The molecule has 0 spiro atoms. The monoisotopic (exact) mass is 295 g/mol. The smallest absolute Gasteiger partial charge is 0.226 e. The number of amidine groups is 1. The number of hydrogen-bond donors (Lipinski definition) is 3. The van der Waals surface area contributed by atoms with Gasteiger partial charge in [-0.3, -0.25) is 0 Å². The quantitative estimate of drug-likeness (QED) is 0.299. The molecule has 0 bridgehead atoms. The van der Waals surface area contributed by atoms with E-state index in [-0.39, 0.29) is 18.5 Å². The molecule has 0 amide bonds. The van der Waals surface area contributed by atoms with Crippen LogP contribution in [0.2, 0.25) is 0 Å². The molecule has 1 aromatic rings. The van der Waals surface area contributed by atoms with E-state index in [1.165, 1.54) is 0 Å². The van der Waals surface area contributed by atoms with Crippen molar-refractivity contribution < 1.29 is 15.1 Å². The van der Waals surface area contributed by atoms with Crippen molar-refractivity contribution in [2.24, 2.45) is 10.9 Å². The summed E-state index contributed by atoms with van der Waals surface area (Å²) >= 11 is 0. The highest BCUT2D eigenvalue weighted by atomic mass is 16.5. The molecule has 0 atom stereocenters. The molecular formula is C13H21N5O3. The van der Waals surface area contributed by atoms with E-state index < -0.39 is 0 Å². The minimum Gasteiger partial charge on any atom is -0.409 e. The van der Waals surface area contributed by atoms with Crippen LogP contribution in [0.5, 0.6) is 0 Å². The van der Waals surface area contributed by atoms with E-state index >= 15 is 0 Å². The number of aliphatic hydroxyl groups is 1. The Bertz CT molecular complexity index is 501. The molecular weight excluding hydrogens is 274 g/mol. The second kappa shape index (κ2) is 7.19. The normalized spacial score (nSPS) is 17.2. The van der Waals surface area contributed by atoms with Gasteiger partial charge in [-0.2, -0.15) is 0 Å². The Hall–Kier alpha value is -1.93. The third kappa shape index (κ3) is 4.02. The van der Waals surface area contributed by atoms with E-state index in [9.17, 15) is 0 Å². The predicted octanol–water partition coefficient (Wildman–Crippen LogP) is -0.143. The van der Waals surface area contributed by atoms with Gasteiger partial charge in [0.1, 0.15) is 5.69 Å². The van der Waals surface area contributed by atoms with Crippen molar-refractivity contribution >= 4 is 11.8 Å². The number of aryl methyl sites for hydroxylation is 1. The van der Waals surface area contributed by atoms with Crippen LogP contribution in [0, 0.1) is 6.92 Å². The highest BCUT2D eigenvalue weighted by molar-refractivity contribution is 5.95. The fourth-order valence-electron chi connectivity index (χ4n) is 2.32. The molecule has 0 unspecified atom stereocenters. The van der Waals surface area contributed by atoms with Gasteiger partial charge in [-0.05, 0) is 25.8 Å². The number of aromatic nitrogens is 2. The molecule has 8 heteroatoms. The van der Waals surface area contributed by atoms with Crippen LogP contribution in [-0.2, 0) is 4.74 Å². The number of hydrogen-bond acceptors (Lipinski definition) is 7. The van der Waals surface area contributed by atoms with Crippen LogP contribution < -0.4 is 10.6 Å². The molecule has 0 aromatic carbocycles. The maximum absolute atomic E-state index is 8.76. The Kier molecular flexibility index (Phi) is 5.29. The molecule has 1 aliphatic rings. The van der Waals surface area contributed by atoms with Gasteiger partial charge in [0.25, 0.3) is 0 Å². The second-order valence-corrected chi connectivity index (χ2v) is 4.96. The van der Waals surface area contributed by atoms with Gasteiger partial charge in [-0.1, -0.05) is 5.16 Å². The average Bonchev–Trinajstić information content (AvgIpc) is 2.52. The van der Waals surface area contributed by atoms with E-state index in [1.807, 2.05) is 6.92 Å². The summed E-state index contributed by atoms with van der Waals surface area (Å²) < 4.78 is 5.53. The SMILES string of the molecule is Cc1cc(/C(N)=N/O)nc(N2CCC(OCCO)CC2)n1. The first-order valence-corrected chi connectivity index (χ1v) is 6.95. The molecule has 1 aromatic heterocycles. The zero-order chi connectivity index (χ0) is 15.2. The number of oxime groups is 1. The summed E-state index contributed by atoms with van der Waals surface area (Å²) in [5.74, 6) is 0.556. The number of rotatable bonds is 5. The zero-order valence-electron chi connectivity index (χ0n) is 12.1. The standard InChI is InChI=1S/C13H21N5O3/c1-9-8-11(12(14)17-20)16-13(15-9)18-4-2-10(3-5-18)21-7-6-19/h8,10,19-20H,2-7H2,1H3,(H2,14,17). The highest BCUT2D eigenvalue weighted by Gasteiger charge is 2.22. The van der Waals surface area contributed by atoms with Crippen LogP contribution in [-0.4, -0.2) is 58.5 Å². The summed E-state index contributed by atoms with van der Waals surface area (Å²) in [6.45, 7) is 3.81. The first-order chi connectivity index (χ1) is 10.1. The van der Waals surface area contributed by atoms with Gasteiger partial charge >= 0.3 is 0 Å². The molecule has 4 N–H and O–H groups in total. The summed E-state index contributed by atoms with van der Waals surface area (Å²) in [4.78, 5) is 10.8. The van der Waals surface area contributed by atoms with Crippen molar-refractivity contribution in [2.45, 2.75) is 25.9 Å². The molecule has 2 rings (SSSR count). The molecule has 21 heavy (non-hydrogen) atoms. The van der Waals surface area contributed by atoms with Gasteiger partial charge in [0, 0.05) is 18.8 Å². The van der Waals surface area contributed by atoms with E-state index in [1.54, 1.807) is 6.07 Å². The molecule has 0 aliphatic carbocycles. The Morgan fingerprint density at radius 3 is 2.81 bits per heavy atom. The number of nitrogens with zero attached hydrogens (tertiary/aromatic N) is 4. The van der Waals surface area contributed by atoms with Crippen LogP contribution >= 0.6 is 0 Å². The molecule has 1 saturated heterocycles. The summed E-state index contributed by atoms with van der Waals surface area (Å²) in [5, 5.41) is 20.5. The molecule has 116 valence electrons. The fraction of sp³-hybridized carbons (Fsp3) is 0.615. The van der Waals surface area contributed by atoms with Crippen LogP contribution in [0.1, 0.15) is 24.2 Å². The second-order valence-electron chi connectivity index (χ2n) is 4.96. The highest BCUT2D eigenvalue weighted by Crippen LogP contribution is 2.19. The van der Waals surface area contributed by atoms with E-state index in [0.29, 0.717) is 18.2 Å². The largest absolute Gasteiger partial charge is 0.409 e. The Balaban J connectivity index is 2.04. The minimum absolute atomic E-state index is 0.0251. The number of piperidine rings is 1. The van der Waals surface area contributed by atoms with Gasteiger partial charge < -0.3 is 25.7 Å². The van der Waals surface area contributed by atoms with Crippen LogP contribution in [0.15, 0.2) is 11.2 Å². The topological polar surface area (TPSA) is 117 Å². The van der Waals surface area contributed by atoms with Gasteiger partial charge in [-0.25, -0.2) is 9.97 Å². The predicted molar refractivity (Wildman–Crippen MR) is 77.6 cm³/mol. The Labute approximate surface area is 123 Å².